The summed E-state index contributed by atoms with van der Waals surface area (Å²) in [4.78, 5) is 13.9. The van der Waals surface area contributed by atoms with Gasteiger partial charge < -0.3 is 5.32 Å². The molecule has 25 heavy (non-hydrogen) atoms. The summed E-state index contributed by atoms with van der Waals surface area (Å²) < 4.78 is 14.8. The van der Waals surface area contributed by atoms with Gasteiger partial charge in [-0.2, -0.15) is 5.10 Å². The molecule has 1 N–H and O–H groups in total. The Morgan fingerprint density at radius 2 is 2.08 bits per heavy atom. The molecule has 0 radical (unpaired) electrons. The molecule has 0 bridgehead atoms. The maximum atomic E-state index is 13.0. The molecule has 3 rings (SSSR count). The zero-order valence-corrected chi connectivity index (χ0v) is 14.4. The molecule has 0 saturated heterocycles. The fourth-order valence-electron chi connectivity index (χ4n) is 2.31. The van der Waals surface area contributed by atoms with Crippen molar-refractivity contribution in [3.8, 4) is 10.4 Å². The summed E-state index contributed by atoms with van der Waals surface area (Å²) in [6.45, 7) is 1.39. The Bertz CT molecular complexity index is 838. The first-order valence-electron chi connectivity index (χ1n) is 8.00. The third kappa shape index (κ3) is 5.12. The summed E-state index contributed by atoms with van der Waals surface area (Å²) in [5.74, 6) is -0.359. The minimum Gasteiger partial charge on any atom is -0.352 e. The second kappa shape index (κ2) is 8.39. The fraction of sp³-hybridized carbons (Fsp3) is 0.158. The lowest BCUT2D eigenvalue weighted by Crippen LogP contribution is -2.23. The van der Waals surface area contributed by atoms with Gasteiger partial charge in [0.2, 0.25) is 5.91 Å². The Hall–Kier alpha value is -2.73. The van der Waals surface area contributed by atoms with Crippen LogP contribution in [-0.2, 0) is 11.3 Å². The third-order valence-electron chi connectivity index (χ3n) is 3.58. The number of carbonyl (C=O) groups is 1. The summed E-state index contributed by atoms with van der Waals surface area (Å²) in [5.41, 5.74) is 0.967. The fourth-order valence-corrected chi connectivity index (χ4v) is 3.23. The van der Waals surface area contributed by atoms with Crippen molar-refractivity contribution in [2.24, 2.45) is 0 Å². The molecule has 0 saturated carbocycles. The molecular weight excluding hydrogens is 337 g/mol. The average Bonchev–Trinajstić information content (AvgIpc) is 3.29. The number of rotatable bonds is 7. The van der Waals surface area contributed by atoms with E-state index < -0.39 is 0 Å². The number of thiophene rings is 1. The smallest absolute Gasteiger partial charge is 0.244 e. The minimum absolute atomic E-state index is 0.114. The van der Waals surface area contributed by atoms with E-state index in [1.54, 1.807) is 35.7 Å². The SMILES string of the molecule is O=C(/C=C/c1ccc(-c2ccc(F)cc2)s1)NCCCn1cccn1. The molecular formula is C19H18FN3OS. The van der Waals surface area contributed by atoms with Gasteiger partial charge in [0.25, 0.3) is 0 Å². The normalized spacial score (nSPS) is 11.1. The van der Waals surface area contributed by atoms with Crippen molar-refractivity contribution in [2.45, 2.75) is 13.0 Å². The van der Waals surface area contributed by atoms with Crippen molar-refractivity contribution >= 4 is 23.3 Å². The van der Waals surface area contributed by atoms with E-state index in [9.17, 15) is 9.18 Å². The number of amides is 1. The van der Waals surface area contributed by atoms with E-state index in [1.807, 2.05) is 29.1 Å². The van der Waals surface area contributed by atoms with E-state index in [0.717, 1.165) is 28.3 Å². The van der Waals surface area contributed by atoms with E-state index in [-0.39, 0.29) is 11.7 Å². The van der Waals surface area contributed by atoms with Gasteiger partial charge in [0.05, 0.1) is 0 Å². The second-order valence-corrected chi connectivity index (χ2v) is 6.57. The van der Waals surface area contributed by atoms with Gasteiger partial charge in [0, 0.05) is 41.3 Å². The quantitative estimate of drug-likeness (QED) is 0.515. The monoisotopic (exact) mass is 355 g/mol. The highest BCUT2D eigenvalue weighted by atomic mass is 32.1. The van der Waals surface area contributed by atoms with Gasteiger partial charge >= 0.3 is 0 Å². The van der Waals surface area contributed by atoms with Crippen LogP contribution in [0.4, 0.5) is 4.39 Å². The summed E-state index contributed by atoms with van der Waals surface area (Å²) in [6, 6.07) is 12.2. The van der Waals surface area contributed by atoms with Crippen LogP contribution in [0.3, 0.4) is 0 Å². The van der Waals surface area contributed by atoms with Crippen LogP contribution in [0.2, 0.25) is 0 Å². The first kappa shape index (κ1) is 17.1. The number of nitrogens with one attached hydrogen (secondary N) is 1. The molecule has 0 aliphatic heterocycles. The van der Waals surface area contributed by atoms with Gasteiger partial charge in [-0.1, -0.05) is 12.1 Å². The van der Waals surface area contributed by atoms with Crippen molar-refractivity contribution in [3.63, 3.8) is 0 Å². The van der Waals surface area contributed by atoms with E-state index in [4.69, 9.17) is 0 Å². The van der Waals surface area contributed by atoms with Gasteiger partial charge in [-0.3, -0.25) is 9.48 Å². The average molecular weight is 355 g/mol. The Kier molecular flexibility index (Phi) is 5.74. The van der Waals surface area contributed by atoms with Crippen LogP contribution >= 0.6 is 11.3 Å². The van der Waals surface area contributed by atoms with Crippen molar-refractivity contribution in [1.29, 1.82) is 0 Å². The molecule has 4 nitrogen and oxygen atoms in total. The largest absolute Gasteiger partial charge is 0.352 e. The van der Waals surface area contributed by atoms with E-state index in [0.29, 0.717) is 6.54 Å². The van der Waals surface area contributed by atoms with Gasteiger partial charge in [-0.05, 0) is 48.4 Å². The van der Waals surface area contributed by atoms with Crippen LogP contribution in [0.15, 0.2) is 60.9 Å². The lowest BCUT2D eigenvalue weighted by atomic mass is 10.2. The predicted octanol–water partition coefficient (Wildman–Crippen LogP) is 3.97. The number of carbonyl (C=O) groups excluding carboxylic acids is 1. The van der Waals surface area contributed by atoms with Crippen LogP contribution in [0, 0.1) is 5.82 Å². The van der Waals surface area contributed by atoms with Crippen molar-refractivity contribution in [3.05, 3.63) is 71.6 Å². The number of hydrogen-bond donors (Lipinski definition) is 1. The molecule has 128 valence electrons. The van der Waals surface area contributed by atoms with Crippen molar-refractivity contribution in [2.75, 3.05) is 6.54 Å². The van der Waals surface area contributed by atoms with Crippen molar-refractivity contribution < 1.29 is 9.18 Å². The van der Waals surface area contributed by atoms with Crippen LogP contribution in [0.25, 0.3) is 16.5 Å². The number of hydrogen-bond acceptors (Lipinski definition) is 3. The van der Waals surface area contributed by atoms with E-state index >= 15 is 0 Å². The maximum Gasteiger partial charge on any atom is 0.244 e. The van der Waals surface area contributed by atoms with Gasteiger partial charge in [0.1, 0.15) is 5.82 Å². The minimum atomic E-state index is -0.246. The number of halogens is 1. The molecule has 0 aliphatic carbocycles. The van der Waals surface area contributed by atoms with Crippen molar-refractivity contribution in [1.82, 2.24) is 15.1 Å². The summed E-state index contributed by atoms with van der Waals surface area (Å²) in [7, 11) is 0. The van der Waals surface area contributed by atoms with E-state index in [1.165, 1.54) is 18.2 Å². The Morgan fingerprint density at radius 3 is 2.84 bits per heavy atom. The molecule has 6 heteroatoms. The van der Waals surface area contributed by atoms with Gasteiger partial charge in [-0.25, -0.2) is 4.39 Å². The van der Waals surface area contributed by atoms with Crippen LogP contribution in [0.1, 0.15) is 11.3 Å². The zero-order valence-electron chi connectivity index (χ0n) is 13.6. The molecule has 0 spiro atoms. The molecule has 0 atom stereocenters. The zero-order chi connectivity index (χ0) is 17.5. The Labute approximate surface area is 149 Å². The molecule has 0 unspecified atom stereocenters. The summed E-state index contributed by atoms with van der Waals surface area (Å²) in [6.07, 6.45) is 7.80. The molecule has 0 fully saturated rings. The predicted molar refractivity (Wildman–Crippen MR) is 98.6 cm³/mol. The maximum absolute atomic E-state index is 13.0. The Balaban J connectivity index is 1.46. The Morgan fingerprint density at radius 1 is 1.24 bits per heavy atom. The highest BCUT2D eigenvalue weighted by Crippen LogP contribution is 2.28. The molecule has 3 aromatic rings. The first-order chi connectivity index (χ1) is 12.2. The van der Waals surface area contributed by atoms with Gasteiger partial charge in [-0.15, -0.1) is 11.3 Å². The summed E-state index contributed by atoms with van der Waals surface area (Å²) >= 11 is 1.56. The molecule has 1 aromatic carbocycles. The topological polar surface area (TPSA) is 46.9 Å². The number of aryl methyl sites for hydroxylation is 1. The highest BCUT2D eigenvalue weighted by Gasteiger charge is 2.02. The highest BCUT2D eigenvalue weighted by molar-refractivity contribution is 7.16. The third-order valence-corrected chi connectivity index (χ3v) is 4.68. The van der Waals surface area contributed by atoms with Gasteiger partial charge in [0.15, 0.2) is 0 Å². The number of benzene rings is 1. The molecule has 0 aliphatic rings. The molecule has 1 amide bonds. The lowest BCUT2D eigenvalue weighted by molar-refractivity contribution is -0.116. The van der Waals surface area contributed by atoms with Crippen LogP contribution in [0.5, 0.6) is 0 Å². The van der Waals surface area contributed by atoms with Crippen LogP contribution < -0.4 is 5.32 Å². The first-order valence-corrected chi connectivity index (χ1v) is 8.81. The van der Waals surface area contributed by atoms with Crippen LogP contribution in [-0.4, -0.2) is 22.2 Å². The second-order valence-electron chi connectivity index (χ2n) is 5.46. The summed E-state index contributed by atoms with van der Waals surface area (Å²) in [5, 5.41) is 6.97. The number of nitrogens with zero attached hydrogens (tertiary/aromatic N) is 2. The standard InChI is InChI=1S/C19H18FN3OS/c20-16-5-3-15(4-6-16)18-9-7-17(25-18)8-10-19(24)21-11-1-13-23-14-2-12-22-23/h2-10,12,14H,1,11,13H2,(H,21,24)/b10-8+. The molecule has 2 aromatic heterocycles. The lowest BCUT2D eigenvalue weighted by Gasteiger charge is -2.02. The molecule has 2 heterocycles. The van der Waals surface area contributed by atoms with E-state index in [2.05, 4.69) is 10.4 Å². The number of aromatic nitrogens is 2.